The van der Waals surface area contributed by atoms with E-state index in [-0.39, 0.29) is 30.4 Å². The van der Waals surface area contributed by atoms with Gasteiger partial charge < -0.3 is 20.7 Å². The van der Waals surface area contributed by atoms with Crippen LogP contribution in [0.1, 0.15) is 41.6 Å². The summed E-state index contributed by atoms with van der Waals surface area (Å²) in [6, 6.07) is 25.5. The Bertz CT molecular complexity index is 1400. The average Bonchev–Trinajstić information content (AvgIpc) is 3.06. The van der Waals surface area contributed by atoms with Crippen LogP contribution in [-0.2, 0) is 16.1 Å². The van der Waals surface area contributed by atoms with Gasteiger partial charge in [0.1, 0.15) is 6.10 Å². The molecule has 2 aliphatic rings. The van der Waals surface area contributed by atoms with Crippen LogP contribution in [0.5, 0.6) is 0 Å². The van der Waals surface area contributed by atoms with E-state index in [0.29, 0.717) is 12.1 Å². The minimum Gasteiger partial charge on any atom is -0.446 e. The van der Waals surface area contributed by atoms with Crippen LogP contribution in [0, 0.1) is 5.92 Å². The van der Waals surface area contributed by atoms with Crippen molar-refractivity contribution in [2.24, 2.45) is 11.7 Å². The Labute approximate surface area is 260 Å². The van der Waals surface area contributed by atoms with Crippen molar-refractivity contribution in [2.45, 2.75) is 38.3 Å². The molecule has 9 heteroatoms. The topological polar surface area (TPSA) is 108 Å². The van der Waals surface area contributed by atoms with E-state index in [9.17, 15) is 14.4 Å². The van der Waals surface area contributed by atoms with E-state index < -0.39 is 6.09 Å². The van der Waals surface area contributed by atoms with E-state index in [4.69, 9.17) is 10.5 Å². The van der Waals surface area contributed by atoms with Gasteiger partial charge in [0, 0.05) is 43.7 Å². The van der Waals surface area contributed by atoms with Gasteiger partial charge in [0.2, 0.25) is 5.91 Å². The molecule has 3 amide bonds. The number of carbonyl (C=O) groups is 3. The molecule has 2 aliphatic heterocycles. The summed E-state index contributed by atoms with van der Waals surface area (Å²) in [6.45, 7) is 4.70. The maximum Gasteiger partial charge on any atom is 0.414 e. The molecule has 0 aromatic heterocycles. The Morgan fingerprint density at radius 3 is 2.20 bits per heavy atom. The monoisotopic (exact) mass is 597 g/mol. The Balaban J connectivity index is 1.25. The number of likely N-dealkylation sites (tertiary alicyclic amines) is 1. The van der Waals surface area contributed by atoms with Crippen molar-refractivity contribution >= 4 is 23.6 Å². The fraction of sp³-hybridized carbons (Fsp3) is 0.400. The van der Waals surface area contributed by atoms with Gasteiger partial charge >= 0.3 is 6.09 Å². The molecule has 232 valence electrons. The van der Waals surface area contributed by atoms with Crippen molar-refractivity contribution in [3.63, 3.8) is 0 Å². The molecule has 0 unspecified atom stereocenters. The molecule has 3 aromatic rings. The lowest BCUT2D eigenvalue weighted by molar-refractivity contribution is -0.123. The maximum absolute atomic E-state index is 13.7. The second-order valence-corrected chi connectivity index (χ2v) is 11.7. The highest BCUT2D eigenvalue weighted by atomic mass is 16.6. The summed E-state index contributed by atoms with van der Waals surface area (Å²) >= 11 is 0. The number of nitrogens with one attached hydrogen (secondary N) is 1. The molecule has 3 N–H and O–H groups in total. The molecule has 0 spiro atoms. The maximum atomic E-state index is 13.7. The first-order valence-electron chi connectivity index (χ1n) is 15.6. The molecule has 0 radical (unpaired) electrons. The Hall–Kier alpha value is -4.21. The molecule has 44 heavy (non-hydrogen) atoms. The first-order valence-corrected chi connectivity index (χ1v) is 15.6. The third-order valence-corrected chi connectivity index (χ3v) is 8.66. The number of hydrogen-bond donors (Lipinski definition) is 2. The Morgan fingerprint density at radius 2 is 1.52 bits per heavy atom. The minimum atomic E-state index is -0.398. The third-order valence-electron chi connectivity index (χ3n) is 8.66. The van der Waals surface area contributed by atoms with Gasteiger partial charge in [-0.3, -0.25) is 19.4 Å². The predicted octanol–water partition coefficient (Wildman–Crippen LogP) is 4.52. The second-order valence-electron chi connectivity index (χ2n) is 11.7. The van der Waals surface area contributed by atoms with Crippen LogP contribution in [0.4, 0.5) is 10.5 Å². The van der Waals surface area contributed by atoms with Crippen molar-refractivity contribution in [1.29, 1.82) is 0 Å². The number of piperidine rings is 2. The fourth-order valence-electron chi connectivity index (χ4n) is 5.96. The lowest BCUT2D eigenvalue weighted by atomic mass is 9.96. The first-order chi connectivity index (χ1) is 21.4. The quantitative estimate of drug-likeness (QED) is 0.356. The molecule has 2 fully saturated rings. The van der Waals surface area contributed by atoms with Gasteiger partial charge in [0.05, 0.1) is 5.69 Å². The van der Waals surface area contributed by atoms with E-state index in [1.165, 1.54) is 0 Å². The van der Waals surface area contributed by atoms with Gasteiger partial charge in [-0.1, -0.05) is 60.7 Å². The Kier molecular flexibility index (Phi) is 10.6. The van der Waals surface area contributed by atoms with Crippen LogP contribution < -0.4 is 16.0 Å². The lowest BCUT2D eigenvalue weighted by Crippen LogP contribution is -2.43. The zero-order valence-corrected chi connectivity index (χ0v) is 25.5. The number of benzene rings is 3. The van der Waals surface area contributed by atoms with Crippen molar-refractivity contribution in [1.82, 2.24) is 15.1 Å². The van der Waals surface area contributed by atoms with E-state index in [2.05, 4.69) is 10.2 Å². The third kappa shape index (κ3) is 8.03. The van der Waals surface area contributed by atoms with E-state index in [1.54, 1.807) is 16.8 Å². The summed E-state index contributed by atoms with van der Waals surface area (Å²) in [4.78, 5) is 44.1. The van der Waals surface area contributed by atoms with Crippen molar-refractivity contribution in [3.05, 3.63) is 90.0 Å². The van der Waals surface area contributed by atoms with Gasteiger partial charge in [-0.25, -0.2) is 4.79 Å². The number of nitrogens with two attached hydrogens (primary N) is 1. The molecule has 5 rings (SSSR count). The highest BCUT2D eigenvalue weighted by molar-refractivity contribution is 5.95. The summed E-state index contributed by atoms with van der Waals surface area (Å²) in [5.41, 5.74) is 9.86. The van der Waals surface area contributed by atoms with Crippen molar-refractivity contribution < 1.29 is 19.1 Å². The standard InChI is InChI=1S/C35H43N5O4/c1-38(34(42)29-13-11-26(12-14-29)25-39-21-17-28(18-22-39)33(36)41)23-24-40(35(43)44-30-15-19-37-20-16-30)32-10-6-5-9-31(32)27-7-3-2-4-8-27/h2-14,28,30,37H,15-25H2,1H3,(H2,36,41). The van der Waals surface area contributed by atoms with Crippen molar-refractivity contribution in [2.75, 3.05) is 51.2 Å². The smallest absolute Gasteiger partial charge is 0.414 e. The SMILES string of the molecule is CN(CCN(C(=O)OC1CCNCC1)c1ccccc1-c1ccccc1)C(=O)c1ccc(CN2CCC(C(N)=O)CC2)cc1. The van der Waals surface area contributed by atoms with Crippen LogP contribution >= 0.6 is 0 Å². The van der Waals surface area contributed by atoms with Gasteiger partial charge in [0.25, 0.3) is 5.91 Å². The molecular formula is C35H43N5O4. The van der Waals surface area contributed by atoms with Gasteiger partial charge in [0.15, 0.2) is 0 Å². The van der Waals surface area contributed by atoms with E-state index in [1.807, 2.05) is 78.9 Å². The number of carbonyl (C=O) groups excluding carboxylic acids is 3. The average molecular weight is 598 g/mol. The summed E-state index contributed by atoms with van der Waals surface area (Å²) in [7, 11) is 1.76. The van der Waals surface area contributed by atoms with Crippen LogP contribution in [0.2, 0.25) is 0 Å². The zero-order valence-electron chi connectivity index (χ0n) is 25.5. The number of para-hydroxylation sites is 1. The van der Waals surface area contributed by atoms with Gasteiger partial charge in [-0.15, -0.1) is 0 Å². The van der Waals surface area contributed by atoms with Crippen LogP contribution in [0.15, 0.2) is 78.9 Å². The molecule has 2 heterocycles. The van der Waals surface area contributed by atoms with Crippen LogP contribution in [0.25, 0.3) is 11.1 Å². The highest BCUT2D eigenvalue weighted by Gasteiger charge is 2.26. The predicted molar refractivity (Wildman–Crippen MR) is 172 cm³/mol. The van der Waals surface area contributed by atoms with Gasteiger partial charge in [-0.05, 0) is 81.2 Å². The normalized spacial score (nSPS) is 16.3. The number of likely N-dealkylation sites (N-methyl/N-ethyl adjacent to an activating group) is 1. The number of rotatable bonds is 10. The molecule has 3 aromatic carbocycles. The van der Waals surface area contributed by atoms with E-state index >= 15 is 0 Å². The number of hydrogen-bond acceptors (Lipinski definition) is 6. The number of nitrogens with zero attached hydrogens (tertiary/aromatic N) is 3. The molecule has 0 aliphatic carbocycles. The summed E-state index contributed by atoms with van der Waals surface area (Å²) in [5, 5.41) is 3.31. The molecule has 0 atom stereocenters. The van der Waals surface area contributed by atoms with Crippen molar-refractivity contribution in [3.8, 4) is 11.1 Å². The molecule has 2 saturated heterocycles. The highest BCUT2D eigenvalue weighted by Crippen LogP contribution is 2.31. The summed E-state index contributed by atoms with van der Waals surface area (Å²) < 4.78 is 5.99. The molecular weight excluding hydrogens is 554 g/mol. The zero-order chi connectivity index (χ0) is 30.9. The van der Waals surface area contributed by atoms with Crippen LogP contribution in [-0.4, -0.2) is 80.1 Å². The second kappa shape index (κ2) is 15.0. The molecule has 0 bridgehead atoms. The molecule has 0 saturated carbocycles. The summed E-state index contributed by atoms with van der Waals surface area (Å²) in [5.74, 6) is -0.350. The first kappa shape index (κ1) is 31.2. The van der Waals surface area contributed by atoms with Gasteiger partial charge in [-0.2, -0.15) is 0 Å². The summed E-state index contributed by atoms with van der Waals surface area (Å²) in [6.07, 6.45) is 2.59. The number of anilines is 1. The fourth-order valence-corrected chi connectivity index (χ4v) is 5.96. The minimum absolute atomic E-state index is 0.0315. The van der Waals surface area contributed by atoms with Crippen LogP contribution in [0.3, 0.4) is 0 Å². The van der Waals surface area contributed by atoms with E-state index in [0.717, 1.165) is 80.8 Å². The number of primary amides is 1. The number of ether oxygens (including phenoxy) is 1. The largest absolute Gasteiger partial charge is 0.446 e. The lowest BCUT2D eigenvalue weighted by Gasteiger charge is -2.30. The molecule has 9 nitrogen and oxygen atoms in total. The Morgan fingerprint density at radius 1 is 0.864 bits per heavy atom. The number of amides is 3.